The van der Waals surface area contributed by atoms with Crippen molar-refractivity contribution in [3.63, 3.8) is 0 Å². The van der Waals surface area contributed by atoms with E-state index in [0.29, 0.717) is 11.5 Å². The van der Waals surface area contributed by atoms with Gasteiger partial charge in [0, 0.05) is 5.02 Å². The monoisotopic (exact) mass is 370 g/mol. The zero-order valence-electron chi connectivity index (χ0n) is 14.5. The van der Waals surface area contributed by atoms with E-state index >= 15 is 0 Å². The van der Waals surface area contributed by atoms with Crippen LogP contribution in [-0.2, 0) is 0 Å². The lowest BCUT2D eigenvalue weighted by Gasteiger charge is -2.32. The summed E-state index contributed by atoms with van der Waals surface area (Å²) in [5.74, 6) is 2.12. The molecule has 1 aliphatic heterocycles. The Morgan fingerprint density at radius 2 is 1.92 bits per heavy atom. The highest BCUT2D eigenvalue weighted by Gasteiger charge is 2.31. The molecule has 0 saturated carbocycles. The van der Waals surface area contributed by atoms with E-state index in [0.717, 1.165) is 28.5 Å². The van der Waals surface area contributed by atoms with E-state index in [2.05, 4.69) is 15.4 Å². The number of nitrogens with one attached hydrogen (secondary N) is 1. The van der Waals surface area contributed by atoms with Crippen molar-refractivity contribution < 1.29 is 9.47 Å². The maximum Gasteiger partial charge on any atom is 0.222 e. The Labute approximate surface area is 156 Å². The molecule has 0 fully saturated rings. The number of ether oxygens (including phenoxy) is 2. The molecule has 4 rings (SSSR count). The Morgan fingerprint density at radius 3 is 2.69 bits per heavy atom. The number of rotatable bonds is 4. The third-order valence-corrected chi connectivity index (χ3v) is 5.05. The minimum Gasteiger partial charge on any atom is -0.493 e. The van der Waals surface area contributed by atoms with Gasteiger partial charge in [-0.15, -0.1) is 0 Å². The van der Waals surface area contributed by atoms with Crippen molar-refractivity contribution in [3.05, 3.63) is 64.9 Å². The zero-order chi connectivity index (χ0) is 18.1. The van der Waals surface area contributed by atoms with E-state index in [1.165, 1.54) is 0 Å². The van der Waals surface area contributed by atoms with Gasteiger partial charge in [0.15, 0.2) is 11.5 Å². The smallest absolute Gasteiger partial charge is 0.222 e. The third-order valence-electron chi connectivity index (χ3n) is 4.70. The third kappa shape index (κ3) is 2.86. The van der Waals surface area contributed by atoms with Gasteiger partial charge in [-0.05, 0) is 35.7 Å². The van der Waals surface area contributed by atoms with Crippen molar-refractivity contribution in [2.45, 2.75) is 18.5 Å². The summed E-state index contributed by atoms with van der Waals surface area (Å²) in [5.41, 5.74) is 2.13. The van der Waals surface area contributed by atoms with Crippen LogP contribution in [0.5, 0.6) is 11.5 Å². The second-order valence-electron chi connectivity index (χ2n) is 6.11. The van der Waals surface area contributed by atoms with Crippen LogP contribution in [0, 0.1) is 0 Å². The molecule has 2 atom stereocenters. The second-order valence-corrected chi connectivity index (χ2v) is 6.52. The Bertz CT molecular complexity index is 927. The van der Waals surface area contributed by atoms with Crippen LogP contribution in [-0.4, -0.2) is 29.0 Å². The minimum absolute atomic E-state index is 0.00910. The summed E-state index contributed by atoms with van der Waals surface area (Å²) in [5, 5.41) is 8.57. The lowest BCUT2D eigenvalue weighted by atomic mass is 9.93. The van der Waals surface area contributed by atoms with Crippen molar-refractivity contribution in [3.8, 4) is 11.5 Å². The number of methoxy groups -OCH3 is 2. The first-order valence-corrected chi connectivity index (χ1v) is 8.71. The zero-order valence-corrected chi connectivity index (χ0v) is 15.3. The average molecular weight is 371 g/mol. The Balaban J connectivity index is 1.75. The van der Waals surface area contributed by atoms with E-state index in [4.69, 9.17) is 21.1 Å². The van der Waals surface area contributed by atoms with Crippen LogP contribution >= 0.6 is 11.6 Å². The van der Waals surface area contributed by atoms with Gasteiger partial charge < -0.3 is 14.8 Å². The summed E-state index contributed by atoms with van der Waals surface area (Å²) in [6.45, 7) is 0. The maximum absolute atomic E-state index is 6.42. The molecule has 2 heterocycles. The molecule has 0 saturated heterocycles. The predicted molar refractivity (Wildman–Crippen MR) is 100 cm³/mol. The van der Waals surface area contributed by atoms with Crippen LogP contribution < -0.4 is 14.8 Å². The second kappa shape index (κ2) is 6.88. The normalized spacial score (nSPS) is 18.7. The number of halogens is 1. The van der Waals surface area contributed by atoms with Crippen LogP contribution in [0.3, 0.4) is 0 Å². The van der Waals surface area contributed by atoms with Crippen LogP contribution in [0.1, 0.15) is 29.6 Å². The number of hydrogen-bond acceptors (Lipinski definition) is 5. The van der Waals surface area contributed by atoms with Gasteiger partial charge >= 0.3 is 0 Å². The van der Waals surface area contributed by atoms with E-state index < -0.39 is 0 Å². The molecule has 0 spiro atoms. The SMILES string of the molecule is COc1ccc([C@@H]2C[C@@H](c3ccccc3Cl)Nc3ncnn32)cc1OC. The number of anilines is 1. The van der Waals surface area contributed by atoms with Crippen LogP contribution in [0.2, 0.25) is 5.02 Å². The Kier molecular flexibility index (Phi) is 4.42. The number of nitrogens with zero attached hydrogens (tertiary/aromatic N) is 3. The average Bonchev–Trinajstić information content (AvgIpc) is 3.15. The molecule has 0 bridgehead atoms. The topological polar surface area (TPSA) is 61.2 Å². The molecule has 0 unspecified atom stereocenters. The summed E-state index contributed by atoms with van der Waals surface area (Å²) in [7, 11) is 3.27. The van der Waals surface area contributed by atoms with Gasteiger partial charge in [-0.1, -0.05) is 35.9 Å². The highest BCUT2D eigenvalue weighted by atomic mass is 35.5. The molecule has 26 heavy (non-hydrogen) atoms. The van der Waals surface area contributed by atoms with Crippen LogP contribution in [0.15, 0.2) is 48.8 Å². The van der Waals surface area contributed by atoms with Gasteiger partial charge in [0.05, 0.1) is 26.3 Å². The Hall–Kier alpha value is -2.73. The van der Waals surface area contributed by atoms with E-state index in [1.807, 2.05) is 47.1 Å². The fraction of sp³-hybridized carbons (Fsp3) is 0.263. The summed E-state index contributed by atoms with van der Waals surface area (Å²) >= 11 is 6.42. The fourth-order valence-electron chi connectivity index (χ4n) is 3.42. The van der Waals surface area contributed by atoms with Gasteiger partial charge in [-0.25, -0.2) is 4.68 Å². The molecule has 2 aromatic carbocycles. The van der Waals surface area contributed by atoms with E-state index in [9.17, 15) is 0 Å². The van der Waals surface area contributed by atoms with Gasteiger partial charge in [0.2, 0.25) is 5.95 Å². The van der Waals surface area contributed by atoms with Gasteiger partial charge in [0.1, 0.15) is 6.33 Å². The van der Waals surface area contributed by atoms with Crippen molar-refractivity contribution in [1.29, 1.82) is 0 Å². The molecule has 1 aromatic heterocycles. The molecular weight excluding hydrogens is 352 g/mol. The summed E-state index contributed by atoms with van der Waals surface area (Å²) in [6.07, 6.45) is 2.35. The summed E-state index contributed by atoms with van der Waals surface area (Å²) in [6, 6.07) is 13.9. The fourth-order valence-corrected chi connectivity index (χ4v) is 3.69. The lowest BCUT2D eigenvalue weighted by molar-refractivity contribution is 0.352. The molecule has 1 aliphatic rings. The summed E-state index contributed by atoms with van der Waals surface area (Å²) < 4.78 is 12.7. The Morgan fingerprint density at radius 1 is 1.12 bits per heavy atom. The predicted octanol–water partition coefficient (Wildman–Crippen LogP) is 4.10. The number of hydrogen-bond donors (Lipinski definition) is 1. The first-order chi connectivity index (χ1) is 12.7. The molecule has 0 aliphatic carbocycles. The van der Waals surface area contributed by atoms with E-state index in [1.54, 1.807) is 20.5 Å². The van der Waals surface area contributed by atoms with Crippen LogP contribution in [0.25, 0.3) is 0 Å². The molecular formula is C19H19ClN4O2. The molecule has 6 nitrogen and oxygen atoms in total. The van der Waals surface area contributed by atoms with Gasteiger partial charge in [-0.2, -0.15) is 10.1 Å². The molecule has 1 N–H and O–H groups in total. The molecule has 134 valence electrons. The molecule has 7 heteroatoms. The molecule has 0 amide bonds. The van der Waals surface area contributed by atoms with Crippen LogP contribution in [0.4, 0.5) is 5.95 Å². The molecule has 0 radical (unpaired) electrons. The van der Waals surface area contributed by atoms with Gasteiger partial charge in [0.25, 0.3) is 0 Å². The van der Waals surface area contributed by atoms with E-state index in [-0.39, 0.29) is 12.1 Å². The minimum atomic E-state index is 0.00910. The number of fused-ring (bicyclic) bond motifs is 1. The highest BCUT2D eigenvalue weighted by molar-refractivity contribution is 6.31. The van der Waals surface area contributed by atoms with Crippen molar-refractivity contribution in [1.82, 2.24) is 14.8 Å². The van der Waals surface area contributed by atoms with Gasteiger partial charge in [-0.3, -0.25) is 0 Å². The van der Waals surface area contributed by atoms with Crippen molar-refractivity contribution in [2.24, 2.45) is 0 Å². The largest absolute Gasteiger partial charge is 0.493 e. The quantitative estimate of drug-likeness (QED) is 0.749. The first kappa shape index (κ1) is 16.7. The maximum atomic E-state index is 6.42. The standard InChI is InChI=1S/C19H19ClN4O2/c1-25-17-8-7-12(9-18(17)26-2)16-10-15(13-5-3-4-6-14(13)20)23-19-21-11-22-24(16)19/h3-9,11,15-16H,10H2,1-2H3,(H,21,22,23)/t15-,16-/m0/s1. The lowest BCUT2D eigenvalue weighted by Crippen LogP contribution is -2.28. The summed E-state index contributed by atoms with van der Waals surface area (Å²) in [4.78, 5) is 4.36. The number of benzene rings is 2. The van der Waals surface area contributed by atoms with Crippen molar-refractivity contribution >= 4 is 17.5 Å². The first-order valence-electron chi connectivity index (χ1n) is 8.33. The highest BCUT2D eigenvalue weighted by Crippen LogP contribution is 2.41. The van der Waals surface area contributed by atoms with Crippen molar-refractivity contribution in [2.75, 3.05) is 19.5 Å². The number of aromatic nitrogens is 3. The molecule has 3 aromatic rings.